The number of carbonyl (C=O) groups excluding carboxylic acids is 1. The summed E-state index contributed by atoms with van der Waals surface area (Å²) in [7, 11) is 1.64. The van der Waals surface area contributed by atoms with E-state index in [2.05, 4.69) is 10.1 Å². The third-order valence-electron chi connectivity index (χ3n) is 5.56. The van der Waals surface area contributed by atoms with E-state index in [4.69, 9.17) is 9.26 Å². The van der Waals surface area contributed by atoms with E-state index in [1.807, 2.05) is 29.2 Å². The fourth-order valence-electron chi connectivity index (χ4n) is 4.09. The molecule has 26 heavy (non-hydrogen) atoms. The van der Waals surface area contributed by atoms with E-state index in [0.29, 0.717) is 24.2 Å². The van der Waals surface area contributed by atoms with Crippen LogP contribution in [0.25, 0.3) is 11.5 Å². The van der Waals surface area contributed by atoms with E-state index >= 15 is 0 Å². The molecule has 1 amide bonds. The molecule has 138 valence electrons. The van der Waals surface area contributed by atoms with Crippen LogP contribution in [0.5, 0.6) is 5.75 Å². The number of piperidine rings is 1. The maximum Gasteiger partial charge on any atom is 0.258 e. The average Bonchev–Trinajstić information content (AvgIpc) is 3.39. The zero-order valence-corrected chi connectivity index (χ0v) is 15.2. The summed E-state index contributed by atoms with van der Waals surface area (Å²) in [6, 6.07) is 7.60. The minimum absolute atomic E-state index is 0.150. The van der Waals surface area contributed by atoms with Gasteiger partial charge in [-0.05, 0) is 43.9 Å². The van der Waals surface area contributed by atoms with Crippen LogP contribution in [0.2, 0.25) is 0 Å². The quantitative estimate of drug-likeness (QED) is 0.837. The molecule has 1 aromatic heterocycles. The van der Waals surface area contributed by atoms with Crippen molar-refractivity contribution in [2.24, 2.45) is 5.92 Å². The fourth-order valence-corrected chi connectivity index (χ4v) is 4.09. The summed E-state index contributed by atoms with van der Waals surface area (Å²) in [6.07, 6.45) is 6.44. The predicted octanol–water partition coefficient (Wildman–Crippen LogP) is 3.64. The molecule has 1 saturated heterocycles. The first-order valence-electron chi connectivity index (χ1n) is 9.51. The number of ether oxygens (including phenoxy) is 1. The molecule has 2 aromatic rings. The van der Waals surface area contributed by atoms with Crippen LogP contribution in [0.1, 0.15) is 50.3 Å². The molecule has 1 aliphatic heterocycles. The molecular weight excluding hydrogens is 330 g/mol. The minimum Gasteiger partial charge on any atom is -0.497 e. The first-order valence-corrected chi connectivity index (χ1v) is 9.51. The Morgan fingerprint density at radius 3 is 2.88 bits per heavy atom. The van der Waals surface area contributed by atoms with E-state index in [1.54, 1.807) is 7.11 Å². The van der Waals surface area contributed by atoms with Gasteiger partial charge in [-0.2, -0.15) is 4.98 Å². The van der Waals surface area contributed by atoms with Crippen LogP contribution in [0.15, 0.2) is 28.8 Å². The van der Waals surface area contributed by atoms with Gasteiger partial charge in [-0.1, -0.05) is 24.1 Å². The zero-order chi connectivity index (χ0) is 17.9. The van der Waals surface area contributed by atoms with Crippen molar-refractivity contribution in [1.82, 2.24) is 15.0 Å². The van der Waals surface area contributed by atoms with Gasteiger partial charge >= 0.3 is 0 Å². The molecule has 2 fully saturated rings. The summed E-state index contributed by atoms with van der Waals surface area (Å²) < 4.78 is 10.7. The van der Waals surface area contributed by atoms with Crippen molar-refractivity contribution in [3.05, 3.63) is 30.1 Å². The lowest BCUT2D eigenvalue weighted by Crippen LogP contribution is -2.42. The van der Waals surface area contributed by atoms with Gasteiger partial charge in [0.25, 0.3) is 5.89 Å². The van der Waals surface area contributed by atoms with E-state index in [-0.39, 0.29) is 11.8 Å². The summed E-state index contributed by atoms with van der Waals surface area (Å²) in [4.78, 5) is 19.3. The number of hydrogen-bond donors (Lipinski definition) is 0. The largest absolute Gasteiger partial charge is 0.497 e. The lowest BCUT2D eigenvalue weighted by Gasteiger charge is -2.33. The SMILES string of the molecule is COc1cccc(-c2nc([C@H]3CCCN(C(=O)C4CCCC4)C3)no2)c1. The van der Waals surface area contributed by atoms with Gasteiger partial charge in [0, 0.05) is 30.5 Å². The van der Waals surface area contributed by atoms with Crippen LogP contribution in [0.4, 0.5) is 0 Å². The van der Waals surface area contributed by atoms with Gasteiger partial charge in [0.05, 0.1) is 7.11 Å². The number of rotatable bonds is 4. The van der Waals surface area contributed by atoms with Crippen molar-refractivity contribution in [3.8, 4) is 17.2 Å². The summed E-state index contributed by atoms with van der Waals surface area (Å²) in [6.45, 7) is 1.55. The van der Waals surface area contributed by atoms with E-state index < -0.39 is 0 Å². The van der Waals surface area contributed by atoms with Crippen molar-refractivity contribution in [2.75, 3.05) is 20.2 Å². The maximum atomic E-state index is 12.7. The Morgan fingerprint density at radius 1 is 1.23 bits per heavy atom. The molecular formula is C20H25N3O3. The molecule has 1 aromatic carbocycles. The fraction of sp³-hybridized carbons (Fsp3) is 0.550. The van der Waals surface area contributed by atoms with Crippen molar-refractivity contribution in [1.29, 1.82) is 0 Å². The van der Waals surface area contributed by atoms with Crippen molar-refractivity contribution < 1.29 is 14.1 Å². The smallest absolute Gasteiger partial charge is 0.258 e. The Kier molecular flexibility index (Phi) is 4.91. The summed E-state index contributed by atoms with van der Waals surface area (Å²) in [5.41, 5.74) is 0.845. The van der Waals surface area contributed by atoms with Crippen molar-refractivity contribution >= 4 is 5.91 Å². The molecule has 1 aliphatic carbocycles. The molecule has 4 rings (SSSR count). The Balaban J connectivity index is 1.47. The van der Waals surface area contributed by atoms with Gasteiger partial charge in [0.15, 0.2) is 5.82 Å². The molecule has 1 atom stereocenters. The highest BCUT2D eigenvalue weighted by Crippen LogP contribution is 2.31. The lowest BCUT2D eigenvalue weighted by molar-refractivity contribution is -0.136. The second-order valence-electron chi connectivity index (χ2n) is 7.29. The summed E-state index contributed by atoms with van der Waals surface area (Å²) >= 11 is 0. The number of nitrogens with zero attached hydrogens (tertiary/aromatic N) is 3. The van der Waals surface area contributed by atoms with Gasteiger partial charge < -0.3 is 14.2 Å². The van der Waals surface area contributed by atoms with Gasteiger partial charge in [-0.25, -0.2) is 0 Å². The Morgan fingerprint density at radius 2 is 2.08 bits per heavy atom. The first kappa shape index (κ1) is 17.1. The minimum atomic E-state index is 0.150. The van der Waals surface area contributed by atoms with Gasteiger partial charge in [-0.15, -0.1) is 0 Å². The number of benzene rings is 1. The third-order valence-corrected chi connectivity index (χ3v) is 5.56. The number of hydrogen-bond acceptors (Lipinski definition) is 5. The molecule has 6 heteroatoms. The van der Waals surface area contributed by atoms with Crippen LogP contribution in [-0.2, 0) is 4.79 Å². The predicted molar refractivity (Wildman–Crippen MR) is 96.8 cm³/mol. The number of methoxy groups -OCH3 is 1. The van der Waals surface area contributed by atoms with Crippen LogP contribution in [0, 0.1) is 5.92 Å². The van der Waals surface area contributed by atoms with Crippen molar-refractivity contribution in [2.45, 2.75) is 44.4 Å². The standard InChI is InChI=1S/C20H25N3O3/c1-25-17-10-4-8-15(12-17)19-21-18(22-26-19)16-9-5-11-23(13-16)20(24)14-6-2-3-7-14/h4,8,10,12,14,16H,2-3,5-7,9,11,13H2,1H3/t16-/m0/s1. The lowest BCUT2D eigenvalue weighted by atomic mass is 9.95. The first-order chi connectivity index (χ1) is 12.7. The van der Waals surface area contributed by atoms with Crippen LogP contribution < -0.4 is 4.74 Å². The Hall–Kier alpha value is -2.37. The number of aromatic nitrogens is 2. The van der Waals surface area contributed by atoms with Gasteiger partial charge in [0.1, 0.15) is 5.75 Å². The topological polar surface area (TPSA) is 68.5 Å². The monoisotopic (exact) mass is 355 g/mol. The normalized spacial score (nSPS) is 21.1. The molecule has 0 radical (unpaired) electrons. The molecule has 1 saturated carbocycles. The molecule has 0 N–H and O–H groups in total. The second-order valence-corrected chi connectivity index (χ2v) is 7.29. The highest BCUT2D eigenvalue weighted by atomic mass is 16.5. The number of carbonyl (C=O) groups is 1. The Bertz CT molecular complexity index is 767. The third kappa shape index (κ3) is 3.45. The molecule has 2 aliphatic rings. The molecule has 2 heterocycles. The van der Waals surface area contributed by atoms with E-state index in [0.717, 1.165) is 43.5 Å². The molecule has 0 spiro atoms. The highest BCUT2D eigenvalue weighted by Gasteiger charge is 2.32. The maximum absolute atomic E-state index is 12.7. The molecule has 6 nitrogen and oxygen atoms in total. The summed E-state index contributed by atoms with van der Waals surface area (Å²) in [5, 5.41) is 4.20. The van der Waals surface area contributed by atoms with Gasteiger partial charge in [-0.3, -0.25) is 4.79 Å². The highest BCUT2D eigenvalue weighted by molar-refractivity contribution is 5.79. The number of likely N-dealkylation sites (tertiary alicyclic amines) is 1. The zero-order valence-electron chi connectivity index (χ0n) is 15.2. The molecule has 0 unspecified atom stereocenters. The van der Waals surface area contributed by atoms with E-state index in [9.17, 15) is 4.79 Å². The van der Waals surface area contributed by atoms with Crippen LogP contribution >= 0.6 is 0 Å². The van der Waals surface area contributed by atoms with Crippen LogP contribution in [0.3, 0.4) is 0 Å². The van der Waals surface area contributed by atoms with Crippen molar-refractivity contribution in [3.63, 3.8) is 0 Å². The second kappa shape index (κ2) is 7.48. The van der Waals surface area contributed by atoms with E-state index in [1.165, 1.54) is 12.8 Å². The number of amides is 1. The molecule has 0 bridgehead atoms. The van der Waals surface area contributed by atoms with Gasteiger partial charge in [0.2, 0.25) is 5.91 Å². The van der Waals surface area contributed by atoms with Crippen LogP contribution in [-0.4, -0.2) is 41.1 Å². The Labute approximate surface area is 153 Å². The average molecular weight is 355 g/mol. The summed E-state index contributed by atoms with van der Waals surface area (Å²) in [5.74, 6) is 2.66.